The first-order valence-electron chi connectivity index (χ1n) is 7.27. The summed E-state index contributed by atoms with van der Waals surface area (Å²) < 4.78 is 1.24. The molecule has 0 saturated carbocycles. The molecule has 108 valence electrons. The van der Waals surface area contributed by atoms with Gasteiger partial charge in [-0.25, -0.2) is 0 Å². The van der Waals surface area contributed by atoms with Crippen molar-refractivity contribution < 1.29 is 0 Å². The zero-order valence-electron chi connectivity index (χ0n) is 12.2. The van der Waals surface area contributed by atoms with E-state index in [2.05, 4.69) is 57.8 Å². The van der Waals surface area contributed by atoms with Gasteiger partial charge >= 0.3 is 0 Å². The Labute approximate surface area is 129 Å². The lowest BCUT2D eigenvalue weighted by atomic mass is 9.82. The number of nitrogens with one attached hydrogen (secondary N) is 1. The minimum atomic E-state index is 0.193. The molecule has 0 aromatic carbocycles. The molecule has 2 heterocycles. The number of likely N-dealkylation sites (tertiary alicyclic amines) is 1. The van der Waals surface area contributed by atoms with Gasteiger partial charge in [-0.3, -0.25) is 4.90 Å². The summed E-state index contributed by atoms with van der Waals surface area (Å²) in [6.45, 7) is 7.22. The standard InChI is InChI=1S/C15H25BrN2S/c1-4-15(2,18-8-6-5-7-9-18)14(17-3)12-10-19-11-13(12)16/h10-11,14,17H,4-9H2,1-3H3. The van der Waals surface area contributed by atoms with Gasteiger partial charge in [0, 0.05) is 15.4 Å². The minimum Gasteiger partial charge on any atom is -0.311 e. The lowest BCUT2D eigenvalue weighted by Gasteiger charge is -2.48. The molecule has 1 fully saturated rings. The number of rotatable bonds is 5. The Morgan fingerprint density at radius 3 is 2.53 bits per heavy atom. The van der Waals surface area contributed by atoms with Gasteiger partial charge in [0.25, 0.3) is 0 Å². The molecule has 4 heteroatoms. The normalized spacial score (nSPS) is 22.1. The number of halogens is 1. The summed E-state index contributed by atoms with van der Waals surface area (Å²) in [5, 5.41) is 8.04. The summed E-state index contributed by atoms with van der Waals surface area (Å²) in [5.74, 6) is 0. The van der Waals surface area contributed by atoms with E-state index in [4.69, 9.17) is 0 Å². The Kier molecular flexibility index (Phi) is 5.46. The number of likely N-dealkylation sites (N-methyl/N-ethyl adjacent to an activating group) is 1. The van der Waals surface area contributed by atoms with E-state index in [-0.39, 0.29) is 5.54 Å². The Morgan fingerprint density at radius 1 is 1.37 bits per heavy atom. The molecule has 1 aliphatic rings. The van der Waals surface area contributed by atoms with Crippen molar-refractivity contribution in [2.45, 2.75) is 51.1 Å². The SMILES string of the molecule is CCC(C)(C(NC)c1cscc1Br)N1CCCCC1. The first kappa shape index (κ1) is 15.5. The molecule has 0 spiro atoms. The predicted octanol–water partition coefficient (Wildman–Crippen LogP) is 4.43. The quantitative estimate of drug-likeness (QED) is 0.850. The van der Waals surface area contributed by atoms with Crippen LogP contribution in [0.15, 0.2) is 15.2 Å². The Morgan fingerprint density at radius 2 is 2.05 bits per heavy atom. The number of thiophene rings is 1. The number of nitrogens with zero attached hydrogens (tertiary/aromatic N) is 1. The fourth-order valence-electron chi connectivity index (χ4n) is 3.31. The van der Waals surface area contributed by atoms with Crippen molar-refractivity contribution in [3.8, 4) is 0 Å². The van der Waals surface area contributed by atoms with Gasteiger partial charge in [-0.05, 0) is 73.2 Å². The number of hydrogen-bond donors (Lipinski definition) is 1. The van der Waals surface area contributed by atoms with Gasteiger partial charge in [-0.15, -0.1) is 0 Å². The molecule has 2 nitrogen and oxygen atoms in total. The summed E-state index contributed by atoms with van der Waals surface area (Å²) in [5.41, 5.74) is 1.60. The molecule has 2 unspecified atom stereocenters. The van der Waals surface area contributed by atoms with Crippen molar-refractivity contribution in [1.82, 2.24) is 10.2 Å². The maximum absolute atomic E-state index is 3.71. The van der Waals surface area contributed by atoms with Crippen molar-refractivity contribution >= 4 is 27.3 Å². The molecule has 19 heavy (non-hydrogen) atoms. The van der Waals surface area contributed by atoms with Crippen LogP contribution < -0.4 is 5.32 Å². The molecular weight excluding hydrogens is 320 g/mol. The molecule has 0 radical (unpaired) electrons. The summed E-state index contributed by atoms with van der Waals surface area (Å²) in [6.07, 6.45) is 5.25. The van der Waals surface area contributed by atoms with Crippen LogP contribution in [0.25, 0.3) is 0 Å². The van der Waals surface area contributed by atoms with Crippen LogP contribution in [-0.2, 0) is 0 Å². The first-order chi connectivity index (χ1) is 9.13. The second-order valence-electron chi connectivity index (χ2n) is 5.66. The fraction of sp³-hybridized carbons (Fsp3) is 0.733. The van der Waals surface area contributed by atoms with E-state index >= 15 is 0 Å². The minimum absolute atomic E-state index is 0.193. The third-order valence-corrected chi connectivity index (χ3v) is 6.41. The molecule has 2 rings (SSSR count). The first-order valence-corrected chi connectivity index (χ1v) is 9.01. The van der Waals surface area contributed by atoms with Crippen LogP contribution >= 0.6 is 27.3 Å². The van der Waals surface area contributed by atoms with Crippen LogP contribution in [0.3, 0.4) is 0 Å². The molecule has 1 aliphatic heterocycles. The van der Waals surface area contributed by atoms with Crippen LogP contribution in [0.4, 0.5) is 0 Å². The zero-order valence-corrected chi connectivity index (χ0v) is 14.6. The van der Waals surface area contributed by atoms with Crippen molar-refractivity contribution in [1.29, 1.82) is 0 Å². The van der Waals surface area contributed by atoms with Gasteiger partial charge in [-0.1, -0.05) is 13.3 Å². The smallest absolute Gasteiger partial charge is 0.0521 e. The molecule has 0 bridgehead atoms. The molecule has 1 N–H and O–H groups in total. The maximum Gasteiger partial charge on any atom is 0.0521 e. The largest absolute Gasteiger partial charge is 0.311 e. The van der Waals surface area contributed by atoms with Crippen LogP contribution in [0, 0.1) is 0 Å². The monoisotopic (exact) mass is 344 g/mol. The van der Waals surface area contributed by atoms with Crippen LogP contribution in [-0.4, -0.2) is 30.6 Å². The lowest BCUT2D eigenvalue weighted by molar-refractivity contribution is 0.0447. The maximum atomic E-state index is 3.71. The topological polar surface area (TPSA) is 15.3 Å². The highest BCUT2D eigenvalue weighted by Crippen LogP contribution is 2.39. The highest BCUT2D eigenvalue weighted by molar-refractivity contribution is 9.10. The van der Waals surface area contributed by atoms with Crippen LogP contribution in [0.2, 0.25) is 0 Å². The predicted molar refractivity (Wildman–Crippen MR) is 87.9 cm³/mol. The summed E-state index contributed by atoms with van der Waals surface area (Å²) in [4.78, 5) is 2.70. The van der Waals surface area contributed by atoms with Gasteiger partial charge in [0.1, 0.15) is 0 Å². The van der Waals surface area contributed by atoms with E-state index in [1.807, 2.05) is 0 Å². The fourth-order valence-corrected chi connectivity index (χ4v) is 4.87. The van der Waals surface area contributed by atoms with Crippen molar-refractivity contribution in [3.63, 3.8) is 0 Å². The van der Waals surface area contributed by atoms with E-state index in [1.54, 1.807) is 11.3 Å². The molecular formula is C15H25BrN2S. The molecule has 1 aromatic rings. The summed E-state index contributed by atoms with van der Waals surface area (Å²) >= 11 is 5.48. The lowest BCUT2D eigenvalue weighted by Crippen LogP contribution is -2.55. The molecule has 1 saturated heterocycles. The third-order valence-electron chi connectivity index (χ3n) is 4.66. The third kappa shape index (κ3) is 3.07. The van der Waals surface area contributed by atoms with Gasteiger partial charge in [0.15, 0.2) is 0 Å². The second-order valence-corrected chi connectivity index (χ2v) is 7.25. The summed E-state index contributed by atoms with van der Waals surface area (Å²) in [6, 6.07) is 0.385. The van der Waals surface area contributed by atoms with Crippen molar-refractivity contribution in [2.75, 3.05) is 20.1 Å². The number of piperidine rings is 1. The summed E-state index contributed by atoms with van der Waals surface area (Å²) in [7, 11) is 2.09. The van der Waals surface area contributed by atoms with Gasteiger partial charge in [0.2, 0.25) is 0 Å². The van der Waals surface area contributed by atoms with Crippen molar-refractivity contribution in [2.24, 2.45) is 0 Å². The molecule has 0 amide bonds. The van der Waals surface area contributed by atoms with E-state index in [0.717, 1.165) is 0 Å². The highest BCUT2D eigenvalue weighted by Gasteiger charge is 2.39. The van der Waals surface area contributed by atoms with E-state index in [1.165, 1.54) is 48.8 Å². The Bertz CT molecular complexity index is 401. The Hall–Kier alpha value is 0.1000. The molecule has 1 aromatic heterocycles. The second kappa shape index (κ2) is 6.70. The van der Waals surface area contributed by atoms with Gasteiger partial charge in [-0.2, -0.15) is 11.3 Å². The van der Waals surface area contributed by atoms with E-state index in [9.17, 15) is 0 Å². The average Bonchev–Trinajstić information content (AvgIpc) is 2.86. The van der Waals surface area contributed by atoms with Crippen LogP contribution in [0.1, 0.15) is 51.1 Å². The highest BCUT2D eigenvalue weighted by atomic mass is 79.9. The van der Waals surface area contributed by atoms with Crippen molar-refractivity contribution in [3.05, 3.63) is 20.8 Å². The van der Waals surface area contributed by atoms with E-state index < -0.39 is 0 Å². The zero-order chi connectivity index (χ0) is 13.9. The average molecular weight is 345 g/mol. The molecule has 0 aliphatic carbocycles. The van der Waals surface area contributed by atoms with Crippen LogP contribution in [0.5, 0.6) is 0 Å². The Balaban J connectivity index is 2.29. The number of hydrogen-bond acceptors (Lipinski definition) is 3. The van der Waals surface area contributed by atoms with E-state index in [0.29, 0.717) is 6.04 Å². The molecule has 2 atom stereocenters. The van der Waals surface area contributed by atoms with Gasteiger partial charge < -0.3 is 5.32 Å². The van der Waals surface area contributed by atoms with Gasteiger partial charge in [0.05, 0.1) is 6.04 Å².